The highest BCUT2D eigenvalue weighted by Gasteiger charge is 2.20. The molecule has 0 aromatic heterocycles. The van der Waals surface area contributed by atoms with Crippen molar-refractivity contribution in [3.63, 3.8) is 0 Å². The molecular weight excluding hydrogens is 282 g/mol. The summed E-state index contributed by atoms with van der Waals surface area (Å²) >= 11 is 3.43. The van der Waals surface area contributed by atoms with Gasteiger partial charge in [-0.15, -0.1) is 6.42 Å². The summed E-state index contributed by atoms with van der Waals surface area (Å²) in [7, 11) is 1.36. The van der Waals surface area contributed by atoms with Crippen LogP contribution in [0.4, 0.5) is 0 Å². The fraction of sp³-hybridized carbons (Fsp3) is 0.308. The molecule has 0 bridgehead atoms. The Morgan fingerprint density at radius 3 is 2.88 bits per heavy atom. The number of esters is 1. The smallest absolute Gasteiger partial charge is 0.327 e. The molecule has 0 heterocycles. The van der Waals surface area contributed by atoms with Crippen molar-refractivity contribution in [2.75, 3.05) is 13.7 Å². The van der Waals surface area contributed by atoms with E-state index in [1.807, 2.05) is 25.1 Å². The molecule has 0 radical (unpaired) electrons. The number of carbonyl (C=O) groups excluding carboxylic acids is 1. The third-order valence-electron chi connectivity index (χ3n) is 2.37. The van der Waals surface area contributed by atoms with Crippen molar-refractivity contribution in [2.24, 2.45) is 0 Å². The average molecular weight is 296 g/mol. The number of aryl methyl sites for hydroxylation is 1. The summed E-state index contributed by atoms with van der Waals surface area (Å²) < 4.78 is 5.70. The molecule has 1 unspecified atom stereocenters. The summed E-state index contributed by atoms with van der Waals surface area (Å²) in [5.41, 5.74) is 1.93. The van der Waals surface area contributed by atoms with Crippen molar-refractivity contribution in [1.82, 2.24) is 5.32 Å². The number of nitrogens with one attached hydrogen (secondary N) is 1. The van der Waals surface area contributed by atoms with E-state index in [0.29, 0.717) is 6.54 Å². The first kappa shape index (κ1) is 13.8. The Hall–Kier alpha value is -1.31. The molecule has 0 amide bonds. The fourth-order valence-corrected chi connectivity index (χ4v) is 1.80. The maximum Gasteiger partial charge on any atom is 0.327 e. The van der Waals surface area contributed by atoms with Crippen molar-refractivity contribution in [2.45, 2.75) is 13.0 Å². The van der Waals surface area contributed by atoms with E-state index in [1.165, 1.54) is 7.11 Å². The molecular formula is C13H14BrNO2. The van der Waals surface area contributed by atoms with Gasteiger partial charge in [-0.1, -0.05) is 34.0 Å². The number of carbonyl (C=O) groups is 1. The van der Waals surface area contributed by atoms with Crippen molar-refractivity contribution in [1.29, 1.82) is 0 Å². The first-order chi connectivity index (χ1) is 8.10. The molecule has 3 nitrogen and oxygen atoms in total. The molecule has 0 aliphatic rings. The fourth-order valence-electron chi connectivity index (χ4n) is 1.40. The number of hydrogen-bond donors (Lipinski definition) is 1. The van der Waals surface area contributed by atoms with E-state index >= 15 is 0 Å². The normalized spacial score (nSPS) is 11.6. The molecule has 1 aromatic carbocycles. The summed E-state index contributed by atoms with van der Waals surface area (Å²) in [6, 6.07) is 5.17. The van der Waals surface area contributed by atoms with Gasteiger partial charge in [-0.3, -0.25) is 5.32 Å². The Kier molecular flexibility index (Phi) is 5.20. The molecule has 0 aliphatic heterocycles. The first-order valence-corrected chi connectivity index (χ1v) is 5.90. The highest BCUT2D eigenvalue weighted by molar-refractivity contribution is 9.10. The molecule has 1 N–H and O–H groups in total. The summed E-state index contributed by atoms with van der Waals surface area (Å²) in [6.45, 7) is 2.29. The van der Waals surface area contributed by atoms with Crippen LogP contribution in [0.5, 0.6) is 0 Å². The van der Waals surface area contributed by atoms with Gasteiger partial charge in [0.1, 0.15) is 6.04 Å². The van der Waals surface area contributed by atoms with Crippen LogP contribution in [0.2, 0.25) is 0 Å². The number of rotatable bonds is 4. The minimum Gasteiger partial charge on any atom is -0.468 e. The van der Waals surface area contributed by atoms with Crippen molar-refractivity contribution < 1.29 is 9.53 Å². The van der Waals surface area contributed by atoms with Gasteiger partial charge in [0.05, 0.1) is 13.7 Å². The first-order valence-electron chi connectivity index (χ1n) is 5.11. The SMILES string of the molecule is C#CCNC(C(=O)OC)c1ccc(C)c(Br)c1. The second-order valence-electron chi connectivity index (χ2n) is 3.55. The van der Waals surface area contributed by atoms with Crippen LogP contribution in [0.25, 0.3) is 0 Å². The molecule has 1 atom stereocenters. The van der Waals surface area contributed by atoms with Gasteiger partial charge in [0.15, 0.2) is 0 Å². The van der Waals surface area contributed by atoms with Gasteiger partial charge in [-0.25, -0.2) is 4.79 Å². The lowest BCUT2D eigenvalue weighted by Gasteiger charge is -2.16. The molecule has 1 aromatic rings. The number of benzene rings is 1. The van der Waals surface area contributed by atoms with E-state index in [0.717, 1.165) is 15.6 Å². The molecule has 17 heavy (non-hydrogen) atoms. The summed E-state index contributed by atoms with van der Waals surface area (Å²) in [4.78, 5) is 11.6. The number of methoxy groups -OCH3 is 1. The van der Waals surface area contributed by atoms with Gasteiger partial charge >= 0.3 is 5.97 Å². The number of terminal acetylenes is 1. The Labute approximate surface area is 110 Å². The average Bonchev–Trinajstić information content (AvgIpc) is 2.33. The largest absolute Gasteiger partial charge is 0.468 e. The summed E-state index contributed by atoms with van der Waals surface area (Å²) in [6.07, 6.45) is 5.18. The highest BCUT2D eigenvalue weighted by atomic mass is 79.9. The maximum atomic E-state index is 11.6. The van der Waals surface area contributed by atoms with Crippen LogP contribution in [0.3, 0.4) is 0 Å². The third-order valence-corrected chi connectivity index (χ3v) is 3.23. The lowest BCUT2D eigenvalue weighted by atomic mass is 10.1. The highest BCUT2D eigenvalue weighted by Crippen LogP contribution is 2.22. The van der Waals surface area contributed by atoms with Crippen LogP contribution in [0.1, 0.15) is 17.2 Å². The number of halogens is 1. The van der Waals surface area contributed by atoms with E-state index in [-0.39, 0.29) is 5.97 Å². The predicted octanol–water partition coefficient (Wildman–Crippen LogP) is 2.19. The second-order valence-corrected chi connectivity index (χ2v) is 4.40. The van der Waals surface area contributed by atoms with Crippen molar-refractivity contribution in [3.05, 3.63) is 33.8 Å². The standard InChI is InChI=1S/C13H14BrNO2/c1-4-7-15-12(13(16)17-3)10-6-5-9(2)11(14)8-10/h1,5-6,8,12,15H,7H2,2-3H3. The van der Waals surface area contributed by atoms with Gasteiger partial charge in [0.2, 0.25) is 0 Å². The van der Waals surface area contributed by atoms with Crippen LogP contribution in [0, 0.1) is 19.3 Å². The topological polar surface area (TPSA) is 38.3 Å². The molecule has 0 fully saturated rings. The van der Waals surface area contributed by atoms with Gasteiger partial charge in [-0.2, -0.15) is 0 Å². The molecule has 0 aliphatic carbocycles. The molecule has 90 valence electrons. The van der Waals surface area contributed by atoms with Gasteiger partial charge in [0, 0.05) is 4.47 Å². The summed E-state index contributed by atoms with van der Waals surface area (Å²) in [5.74, 6) is 2.09. The van der Waals surface area contributed by atoms with Gasteiger partial charge in [0.25, 0.3) is 0 Å². The molecule has 0 saturated heterocycles. The van der Waals surface area contributed by atoms with E-state index in [2.05, 4.69) is 27.2 Å². The Morgan fingerprint density at radius 1 is 1.65 bits per heavy atom. The number of hydrogen-bond acceptors (Lipinski definition) is 3. The Balaban J connectivity index is 3.00. The quantitative estimate of drug-likeness (QED) is 0.684. The zero-order valence-corrected chi connectivity index (χ0v) is 11.4. The predicted molar refractivity (Wildman–Crippen MR) is 70.5 cm³/mol. The van der Waals surface area contributed by atoms with Crippen LogP contribution >= 0.6 is 15.9 Å². The minimum absolute atomic E-state index is 0.311. The van der Waals surface area contributed by atoms with Crippen molar-refractivity contribution in [3.8, 4) is 12.3 Å². The van der Waals surface area contributed by atoms with Gasteiger partial charge in [-0.05, 0) is 24.1 Å². The van der Waals surface area contributed by atoms with Crippen LogP contribution < -0.4 is 5.32 Å². The van der Waals surface area contributed by atoms with E-state index < -0.39 is 6.04 Å². The van der Waals surface area contributed by atoms with E-state index in [1.54, 1.807) is 0 Å². The van der Waals surface area contributed by atoms with Gasteiger partial charge < -0.3 is 4.74 Å². The monoisotopic (exact) mass is 295 g/mol. The Morgan fingerprint density at radius 2 is 2.35 bits per heavy atom. The van der Waals surface area contributed by atoms with Crippen LogP contribution in [-0.4, -0.2) is 19.6 Å². The second kappa shape index (κ2) is 6.43. The zero-order valence-electron chi connectivity index (χ0n) is 9.79. The van der Waals surface area contributed by atoms with E-state index in [4.69, 9.17) is 11.2 Å². The van der Waals surface area contributed by atoms with Crippen LogP contribution in [0.15, 0.2) is 22.7 Å². The maximum absolute atomic E-state index is 11.6. The molecule has 0 spiro atoms. The molecule has 1 rings (SSSR count). The number of ether oxygens (including phenoxy) is 1. The zero-order chi connectivity index (χ0) is 12.8. The third kappa shape index (κ3) is 3.58. The lowest BCUT2D eigenvalue weighted by molar-refractivity contribution is -0.143. The van der Waals surface area contributed by atoms with Crippen molar-refractivity contribution >= 4 is 21.9 Å². The lowest BCUT2D eigenvalue weighted by Crippen LogP contribution is -2.29. The minimum atomic E-state index is -0.534. The molecule has 4 heteroatoms. The molecule has 0 saturated carbocycles. The van der Waals surface area contributed by atoms with Crippen LogP contribution in [-0.2, 0) is 9.53 Å². The Bertz CT molecular complexity index is 451. The summed E-state index contributed by atoms with van der Waals surface area (Å²) in [5, 5.41) is 2.95. The van der Waals surface area contributed by atoms with E-state index in [9.17, 15) is 4.79 Å².